The third kappa shape index (κ3) is 3.81. The van der Waals surface area contributed by atoms with Gasteiger partial charge in [-0.25, -0.2) is 0 Å². The molecule has 0 saturated heterocycles. The van der Waals surface area contributed by atoms with Gasteiger partial charge in [-0.05, 0) is 36.6 Å². The molecule has 0 aliphatic carbocycles. The van der Waals surface area contributed by atoms with Gasteiger partial charge in [-0.3, -0.25) is 25.2 Å². The number of amides is 3. The molecule has 0 saturated carbocycles. The van der Waals surface area contributed by atoms with Gasteiger partial charge in [0.05, 0.1) is 28.0 Å². The number of aryl methyl sites for hydroxylation is 1. The molecular formula is C18H15N3O4S. The van der Waals surface area contributed by atoms with Crippen molar-refractivity contribution in [3.05, 3.63) is 75.9 Å². The van der Waals surface area contributed by atoms with Crippen molar-refractivity contribution in [2.24, 2.45) is 0 Å². The molecule has 0 fully saturated rings. The highest BCUT2D eigenvalue weighted by Gasteiger charge is 2.16. The van der Waals surface area contributed by atoms with Gasteiger partial charge in [0.15, 0.2) is 0 Å². The predicted molar refractivity (Wildman–Crippen MR) is 97.1 cm³/mol. The van der Waals surface area contributed by atoms with Crippen LogP contribution in [0.1, 0.15) is 36.1 Å². The molecule has 0 radical (unpaired) electrons. The van der Waals surface area contributed by atoms with Crippen LogP contribution in [0.5, 0.6) is 0 Å². The second-order valence-corrected chi connectivity index (χ2v) is 6.22. The highest BCUT2D eigenvalue weighted by atomic mass is 32.1. The number of hydrogen-bond acceptors (Lipinski definition) is 5. The van der Waals surface area contributed by atoms with Crippen molar-refractivity contribution >= 4 is 34.7 Å². The van der Waals surface area contributed by atoms with Crippen LogP contribution in [0.25, 0.3) is 0 Å². The molecule has 26 heavy (non-hydrogen) atoms. The Morgan fingerprint density at radius 1 is 0.885 bits per heavy atom. The first-order valence-electron chi connectivity index (χ1n) is 7.65. The number of nitrogens with one attached hydrogen (secondary N) is 3. The van der Waals surface area contributed by atoms with Gasteiger partial charge in [0.25, 0.3) is 17.7 Å². The quantitative estimate of drug-likeness (QED) is 0.616. The van der Waals surface area contributed by atoms with Gasteiger partial charge in [-0.15, -0.1) is 11.3 Å². The maximum absolute atomic E-state index is 12.4. The molecule has 0 spiro atoms. The topological polar surface area (TPSA) is 100 Å². The van der Waals surface area contributed by atoms with Crippen molar-refractivity contribution in [3.8, 4) is 0 Å². The van der Waals surface area contributed by atoms with E-state index in [0.717, 1.165) is 0 Å². The Hall–Kier alpha value is -3.39. The average Bonchev–Trinajstić information content (AvgIpc) is 3.31. The van der Waals surface area contributed by atoms with Crippen LogP contribution in [0, 0.1) is 6.92 Å². The summed E-state index contributed by atoms with van der Waals surface area (Å²) in [6.07, 6.45) is 1.39. The Labute approximate surface area is 153 Å². The zero-order valence-electron chi connectivity index (χ0n) is 13.7. The zero-order valence-corrected chi connectivity index (χ0v) is 14.6. The summed E-state index contributed by atoms with van der Waals surface area (Å²) in [6.45, 7) is 1.64. The maximum atomic E-state index is 12.4. The van der Waals surface area contributed by atoms with Gasteiger partial charge in [0, 0.05) is 0 Å². The molecule has 1 aromatic carbocycles. The molecule has 3 N–H and O–H groups in total. The van der Waals surface area contributed by atoms with Gasteiger partial charge in [0.1, 0.15) is 5.76 Å². The summed E-state index contributed by atoms with van der Waals surface area (Å²) < 4.78 is 5.06. The molecule has 0 aliphatic rings. The molecule has 132 valence electrons. The molecule has 8 heteroatoms. The van der Waals surface area contributed by atoms with Crippen LogP contribution in [0.15, 0.2) is 58.5 Å². The van der Waals surface area contributed by atoms with Crippen molar-refractivity contribution in [1.29, 1.82) is 0 Å². The van der Waals surface area contributed by atoms with E-state index in [0.29, 0.717) is 21.9 Å². The SMILES string of the molecule is Cc1occc1C(=O)NNC(=O)c1ccccc1NC(=O)c1cccs1. The molecule has 3 amide bonds. The lowest BCUT2D eigenvalue weighted by Crippen LogP contribution is -2.42. The lowest BCUT2D eigenvalue weighted by Gasteiger charge is -2.11. The second-order valence-electron chi connectivity index (χ2n) is 5.28. The molecule has 2 aromatic heterocycles. The average molecular weight is 369 g/mol. The number of furan rings is 1. The predicted octanol–water partition coefficient (Wildman–Crippen LogP) is 2.98. The highest BCUT2D eigenvalue weighted by molar-refractivity contribution is 7.12. The normalized spacial score (nSPS) is 10.2. The zero-order chi connectivity index (χ0) is 18.5. The van der Waals surface area contributed by atoms with Crippen LogP contribution < -0.4 is 16.2 Å². The van der Waals surface area contributed by atoms with Gasteiger partial charge >= 0.3 is 0 Å². The molecule has 0 bridgehead atoms. The van der Waals surface area contributed by atoms with Crippen molar-refractivity contribution in [2.75, 3.05) is 5.32 Å². The summed E-state index contributed by atoms with van der Waals surface area (Å²) in [5, 5.41) is 4.49. The third-order valence-corrected chi connectivity index (χ3v) is 4.43. The summed E-state index contributed by atoms with van der Waals surface area (Å²) >= 11 is 1.30. The molecule has 3 aromatic rings. The van der Waals surface area contributed by atoms with E-state index in [-0.39, 0.29) is 11.5 Å². The van der Waals surface area contributed by atoms with Crippen LogP contribution in [-0.4, -0.2) is 17.7 Å². The number of anilines is 1. The first kappa shape index (κ1) is 17.4. The third-order valence-electron chi connectivity index (χ3n) is 3.56. The van der Waals surface area contributed by atoms with Gasteiger partial charge < -0.3 is 9.73 Å². The molecule has 0 aliphatic heterocycles. The van der Waals surface area contributed by atoms with E-state index < -0.39 is 11.8 Å². The van der Waals surface area contributed by atoms with E-state index in [1.807, 2.05) is 0 Å². The Kier molecular flexibility index (Phi) is 5.14. The highest BCUT2D eigenvalue weighted by Crippen LogP contribution is 2.18. The Balaban J connectivity index is 1.69. The fourth-order valence-corrected chi connectivity index (χ4v) is 2.87. The lowest BCUT2D eigenvalue weighted by atomic mass is 10.1. The summed E-state index contributed by atoms with van der Waals surface area (Å²) in [5.74, 6) is -0.912. The van der Waals surface area contributed by atoms with Gasteiger partial charge in [-0.2, -0.15) is 0 Å². The fraction of sp³-hybridized carbons (Fsp3) is 0.0556. The van der Waals surface area contributed by atoms with Crippen LogP contribution in [0.4, 0.5) is 5.69 Å². The van der Waals surface area contributed by atoms with E-state index in [4.69, 9.17) is 4.42 Å². The molecule has 0 unspecified atom stereocenters. The standard InChI is InChI=1S/C18H15N3O4S/c1-11-12(8-9-25-11)16(22)20-21-17(23)13-5-2-3-6-14(13)19-18(24)15-7-4-10-26-15/h2-10H,1H3,(H,19,24)(H,20,22)(H,21,23). The number of carbonyl (C=O) groups is 3. The summed E-state index contributed by atoms with van der Waals surface area (Å²) in [6, 6.07) is 11.5. The number of carbonyl (C=O) groups excluding carboxylic acids is 3. The summed E-state index contributed by atoms with van der Waals surface area (Å²) in [5.41, 5.74) is 5.55. The van der Waals surface area contributed by atoms with E-state index in [2.05, 4.69) is 16.2 Å². The molecular weight excluding hydrogens is 354 g/mol. The number of rotatable bonds is 4. The van der Waals surface area contributed by atoms with E-state index >= 15 is 0 Å². The summed E-state index contributed by atoms with van der Waals surface area (Å²) in [7, 11) is 0. The van der Waals surface area contributed by atoms with Crippen LogP contribution in [0.3, 0.4) is 0 Å². The molecule has 3 rings (SSSR count). The van der Waals surface area contributed by atoms with E-state index in [1.165, 1.54) is 23.7 Å². The number of thiophene rings is 1. The number of hydrogen-bond donors (Lipinski definition) is 3. The van der Waals surface area contributed by atoms with Gasteiger partial charge in [0.2, 0.25) is 0 Å². The van der Waals surface area contributed by atoms with Gasteiger partial charge in [-0.1, -0.05) is 18.2 Å². The van der Waals surface area contributed by atoms with Crippen molar-refractivity contribution in [2.45, 2.75) is 6.92 Å². The maximum Gasteiger partial charge on any atom is 0.273 e. The monoisotopic (exact) mass is 369 g/mol. The van der Waals surface area contributed by atoms with Crippen molar-refractivity contribution < 1.29 is 18.8 Å². The minimum absolute atomic E-state index is 0.224. The number of para-hydroxylation sites is 1. The summed E-state index contributed by atoms with van der Waals surface area (Å²) in [4.78, 5) is 37.1. The van der Waals surface area contributed by atoms with E-state index in [9.17, 15) is 14.4 Å². The van der Waals surface area contributed by atoms with E-state index in [1.54, 1.807) is 48.7 Å². The van der Waals surface area contributed by atoms with Crippen LogP contribution in [0.2, 0.25) is 0 Å². The van der Waals surface area contributed by atoms with Crippen molar-refractivity contribution in [3.63, 3.8) is 0 Å². The Bertz CT molecular complexity index is 947. The fourth-order valence-electron chi connectivity index (χ4n) is 2.25. The Morgan fingerprint density at radius 2 is 1.62 bits per heavy atom. The second kappa shape index (κ2) is 7.66. The first-order chi connectivity index (χ1) is 12.6. The van der Waals surface area contributed by atoms with Crippen LogP contribution in [-0.2, 0) is 0 Å². The Morgan fingerprint density at radius 3 is 2.27 bits per heavy atom. The molecule has 0 atom stereocenters. The number of benzene rings is 1. The lowest BCUT2D eigenvalue weighted by molar-refractivity contribution is 0.0846. The molecule has 2 heterocycles. The van der Waals surface area contributed by atoms with Crippen LogP contribution >= 0.6 is 11.3 Å². The smallest absolute Gasteiger partial charge is 0.273 e. The largest absolute Gasteiger partial charge is 0.469 e. The minimum atomic E-state index is -0.554. The number of hydrazine groups is 1. The minimum Gasteiger partial charge on any atom is -0.469 e. The molecule has 7 nitrogen and oxygen atoms in total. The first-order valence-corrected chi connectivity index (χ1v) is 8.53. The van der Waals surface area contributed by atoms with Crippen molar-refractivity contribution in [1.82, 2.24) is 10.9 Å².